The molecule has 1 aromatic carbocycles. The maximum absolute atomic E-state index is 6.46. The summed E-state index contributed by atoms with van der Waals surface area (Å²) in [5, 5.41) is 0. The van der Waals surface area contributed by atoms with E-state index in [0.717, 1.165) is 22.9 Å². The Hall–Kier alpha value is -1.67. The second-order valence-corrected chi connectivity index (χ2v) is 5.90. The Labute approximate surface area is 121 Å². The topological polar surface area (TPSA) is 38.9 Å². The first kappa shape index (κ1) is 13.3. The zero-order valence-corrected chi connectivity index (χ0v) is 12.3. The number of hydrogen-bond donors (Lipinski definition) is 1. The molecule has 0 radical (unpaired) electrons. The maximum Gasteiger partial charge on any atom is 0.0569 e. The van der Waals surface area contributed by atoms with Crippen molar-refractivity contribution < 1.29 is 0 Å². The van der Waals surface area contributed by atoms with E-state index in [1.54, 1.807) is 0 Å². The molecule has 0 spiro atoms. The first-order chi connectivity index (χ1) is 9.65. The number of hydrogen-bond acceptors (Lipinski definition) is 2. The average molecular weight is 266 g/mol. The van der Waals surface area contributed by atoms with Gasteiger partial charge in [-0.2, -0.15) is 0 Å². The van der Waals surface area contributed by atoms with Gasteiger partial charge in [0.25, 0.3) is 0 Å². The molecule has 1 saturated carbocycles. The summed E-state index contributed by atoms with van der Waals surface area (Å²) < 4.78 is 0. The Balaban J connectivity index is 1.91. The van der Waals surface area contributed by atoms with E-state index in [-0.39, 0.29) is 6.04 Å². The van der Waals surface area contributed by atoms with Crippen LogP contribution in [0.4, 0.5) is 0 Å². The first-order valence-electron chi connectivity index (χ1n) is 7.45. The second-order valence-electron chi connectivity index (χ2n) is 5.90. The molecule has 0 saturated heterocycles. The van der Waals surface area contributed by atoms with Crippen molar-refractivity contribution in [3.05, 3.63) is 64.5 Å². The van der Waals surface area contributed by atoms with Crippen molar-refractivity contribution >= 4 is 0 Å². The highest BCUT2D eigenvalue weighted by molar-refractivity contribution is 5.37. The van der Waals surface area contributed by atoms with Crippen LogP contribution in [0.15, 0.2) is 36.4 Å². The molecular weight excluding hydrogens is 244 g/mol. The average Bonchev–Trinajstić information content (AvgIpc) is 2.36. The van der Waals surface area contributed by atoms with E-state index in [1.165, 1.54) is 30.4 Å². The van der Waals surface area contributed by atoms with Crippen molar-refractivity contribution in [1.82, 2.24) is 4.98 Å². The highest BCUT2D eigenvalue weighted by atomic mass is 14.7. The van der Waals surface area contributed by atoms with Crippen molar-refractivity contribution in [2.75, 3.05) is 0 Å². The SMILES string of the molecule is Cc1ccc(C(N)c2cccc(C3CCC3)c2)c(C)n1. The van der Waals surface area contributed by atoms with Gasteiger partial charge in [-0.3, -0.25) is 4.98 Å². The van der Waals surface area contributed by atoms with E-state index < -0.39 is 0 Å². The summed E-state index contributed by atoms with van der Waals surface area (Å²) >= 11 is 0. The molecule has 1 atom stereocenters. The van der Waals surface area contributed by atoms with Crippen LogP contribution in [0.5, 0.6) is 0 Å². The molecular formula is C18H22N2. The van der Waals surface area contributed by atoms with Gasteiger partial charge in [0, 0.05) is 11.4 Å². The van der Waals surface area contributed by atoms with Crippen molar-refractivity contribution in [1.29, 1.82) is 0 Å². The fraction of sp³-hybridized carbons (Fsp3) is 0.389. The Morgan fingerprint density at radius 1 is 1.15 bits per heavy atom. The molecule has 1 aromatic heterocycles. The predicted molar refractivity (Wildman–Crippen MR) is 82.8 cm³/mol. The van der Waals surface area contributed by atoms with Gasteiger partial charge in [-0.15, -0.1) is 0 Å². The van der Waals surface area contributed by atoms with Gasteiger partial charge in [0.1, 0.15) is 0 Å². The molecule has 0 amide bonds. The first-order valence-corrected chi connectivity index (χ1v) is 7.45. The molecule has 1 fully saturated rings. The molecule has 1 aliphatic rings. The largest absolute Gasteiger partial charge is 0.320 e. The normalized spacial score (nSPS) is 16.8. The van der Waals surface area contributed by atoms with Crippen molar-refractivity contribution in [2.24, 2.45) is 5.73 Å². The Kier molecular flexibility index (Phi) is 3.58. The van der Waals surface area contributed by atoms with Gasteiger partial charge < -0.3 is 5.73 Å². The minimum absolute atomic E-state index is 0.0804. The molecule has 1 heterocycles. The molecule has 2 aromatic rings. The van der Waals surface area contributed by atoms with Crippen LogP contribution in [0, 0.1) is 13.8 Å². The number of rotatable bonds is 3. The van der Waals surface area contributed by atoms with Crippen molar-refractivity contribution in [3.8, 4) is 0 Å². The quantitative estimate of drug-likeness (QED) is 0.911. The van der Waals surface area contributed by atoms with Crippen LogP contribution in [0.3, 0.4) is 0 Å². The smallest absolute Gasteiger partial charge is 0.0569 e. The van der Waals surface area contributed by atoms with Crippen molar-refractivity contribution in [3.63, 3.8) is 0 Å². The Morgan fingerprint density at radius 2 is 1.95 bits per heavy atom. The molecule has 3 rings (SSSR count). The van der Waals surface area contributed by atoms with Gasteiger partial charge in [-0.1, -0.05) is 36.8 Å². The van der Waals surface area contributed by atoms with E-state index >= 15 is 0 Å². The van der Waals surface area contributed by atoms with E-state index in [0.29, 0.717) is 0 Å². The van der Waals surface area contributed by atoms with Crippen LogP contribution < -0.4 is 5.73 Å². The van der Waals surface area contributed by atoms with Crippen molar-refractivity contribution in [2.45, 2.75) is 45.1 Å². The summed E-state index contributed by atoms with van der Waals surface area (Å²) in [5.41, 5.74) is 12.3. The van der Waals surface area contributed by atoms with Crippen LogP contribution in [0.1, 0.15) is 59.3 Å². The van der Waals surface area contributed by atoms with Gasteiger partial charge in [0.15, 0.2) is 0 Å². The third-order valence-corrected chi connectivity index (χ3v) is 4.45. The van der Waals surface area contributed by atoms with Gasteiger partial charge in [-0.05, 0) is 55.4 Å². The van der Waals surface area contributed by atoms with E-state index in [2.05, 4.69) is 35.3 Å². The summed E-state index contributed by atoms with van der Waals surface area (Å²) in [4.78, 5) is 4.53. The summed E-state index contributed by atoms with van der Waals surface area (Å²) in [6.45, 7) is 4.05. The van der Waals surface area contributed by atoms with Gasteiger partial charge in [0.2, 0.25) is 0 Å². The molecule has 2 N–H and O–H groups in total. The molecule has 0 aliphatic heterocycles. The minimum Gasteiger partial charge on any atom is -0.320 e. The number of benzene rings is 1. The van der Waals surface area contributed by atoms with Gasteiger partial charge in [0.05, 0.1) is 6.04 Å². The second kappa shape index (κ2) is 5.37. The molecule has 2 nitrogen and oxygen atoms in total. The van der Waals surface area contributed by atoms with Crippen LogP contribution >= 0.6 is 0 Å². The van der Waals surface area contributed by atoms with Crippen LogP contribution in [-0.4, -0.2) is 4.98 Å². The van der Waals surface area contributed by atoms with Crippen LogP contribution in [-0.2, 0) is 0 Å². The lowest BCUT2D eigenvalue weighted by atomic mass is 9.79. The van der Waals surface area contributed by atoms with Crippen LogP contribution in [0.2, 0.25) is 0 Å². The lowest BCUT2D eigenvalue weighted by molar-refractivity contribution is 0.419. The van der Waals surface area contributed by atoms with E-state index in [4.69, 9.17) is 5.73 Å². The number of pyridine rings is 1. The standard InChI is InChI=1S/C18H22N2/c1-12-9-10-17(13(2)20-12)18(19)16-8-4-7-15(11-16)14-5-3-6-14/h4,7-11,14,18H,3,5-6,19H2,1-2H3. The lowest BCUT2D eigenvalue weighted by Crippen LogP contribution is -2.15. The fourth-order valence-corrected chi connectivity index (χ4v) is 2.95. The summed E-state index contributed by atoms with van der Waals surface area (Å²) in [6, 6.07) is 12.9. The monoisotopic (exact) mass is 266 g/mol. The maximum atomic E-state index is 6.46. The molecule has 1 aliphatic carbocycles. The van der Waals surface area contributed by atoms with Gasteiger partial charge >= 0.3 is 0 Å². The molecule has 0 bridgehead atoms. The Bertz CT molecular complexity index is 615. The van der Waals surface area contributed by atoms with Crippen LogP contribution in [0.25, 0.3) is 0 Å². The molecule has 1 unspecified atom stereocenters. The zero-order valence-electron chi connectivity index (χ0n) is 12.3. The number of aryl methyl sites for hydroxylation is 2. The number of nitrogens with two attached hydrogens (primary N) is 1. The highest BCUT2D eigenvalue weighted by Gasteiger charge is 2.20. The fourth-order valence-electron chi connectivity index (χ4n) is 2.95. The summed E-state index contributed by atoms with van der Waals surface area (Å²) in [6.07, 6.45) is 4.01. The lowest BCUT2D eigenvalue weighted by Gasteiger charge is -2.26. The molecule has 2 heteroatoms. The third kappa shape index (κ3) is 2.48. The van der Waals surface area contributed by atoms with E-state index in [1.807, 2.05) is 19.9 Å². The van der Waals surface area contributed by atoms with E-state index in [9.17, 15) is 0 Å². The Morgan fingerprint density at radius 3 is 2.60 bits per heavy atom. The zero-order chi connectivity index (χ0) is 14.1. The number of aromatic nitrogens is 1. The predicted octanol–water partition coefficient (Wildman–Crippen LogP) is 4.01. The molecule has 104 valence electrons. The summed E-state index contributed by atoms with van der Waals surface area (Å²) in [7, 11) is 0. The molecule has 20 heavy (non-hydrogen) atoms. The van der Waals surface area contributed by atoms with Gasteiger partial charge in [-0.25, -0.2) is 0 Å². The highest BCUT2D eigenvalue weighted by Crippen LogP contribution is 2.37. The minimum atomic E-state index is -0.0804. The number of nitrogens with zero attached hydrogens (tertiary/aromatic N) is 1. The third-order valence-electron chi connectivity index (χ3n) is 4.45. The summed E-state index contributed by atoms with van der Waals surface area (Å²) in [5.74, 6) is 0.749.